The van der Waals surface area contributed by atoms with Crippen LogP contribution in [0, 0.1) is 11.3 Å². The Kier molecular flexibility index (Phi) is 7.36. The van der Waals surface area contributed by atoms with Crippen LogP contribution < -0.4 is 10.1 Å². The smallest absolute Gasteiger partial charge is 0.262 e. The van der Waals surface area contributed by atoms with Crippen LogP contribution in [0.1, 0.15) is 19.4 Å². The van der Waals surface area contributed by atoms with Crippen molar-refractivity contribution >= 4 is 43.8 Å². The molecule has 0 unspecified atom stereocenters. The van der Waals surface area contributed by atoms with E-state index in [0.717, 1.165) is 8.95 Å². The van der Waals surface area contributed by atoms with Crippen molar-refractivity contribution in [3.05, 3.63) is 44.9 Å². The fourth-order valence-corrected chi connectivity index (χ4v) is 3.05. The molecule has 1 amide bonds. The second-order valence-corrected chi connectivity index (χ2v) is 6.42. The van der Waals surface area contributed by atoms with Gasteiger partial charge in [0.1, 0.15) is 24.0 Å². The van der Waals surface area contributed by atoms with E-state index in [1.807, 2.05) is 19.9 Å². The van der Waals surface area contributed by atoms with Gasteiger partial charge in [0, 0.05) is 6.04 Å². The molecule has 1 N–H and O–H groups in total. The summed E-state index contributed by atoms with van der Waals surface area (Å²) < 4.78 is 6.96. The van der Waals surface area contributed by atoms with E-state index in [9.17, 15) is 4.79 Å². The zero-order chi connectivity index (χ0) is 16.7. The summed E-state index contributed by atoms with van der Waals surface area (Å²) in [5.74, 6) is 0.249. The number of nitriles is 1. The van der Waals surface area contributed by atoms with E-state index >= 15 is 0 Å². The molecule has 0 heterocycles. The lowest BCUT2D eigenvalue weighted by Gasteiger charge is -2.10. The van der Waals surface area contributed by atoms with Gasteiger partial charge in [-0.1, -0.05) is 12.7 Å². The third-order valence-electron chi connectivity index (χ3n) is 2.46. The minimum atomic E-state index is -0.392. The summed E-state index contributed by atoms with van der Waals surface area (Å²) in [7, 11) is 0. The molecule has 1 aromatic carbocycles. The fraction of sp³-hybridized carbons (Fsp3) is 0.250. The summed E-state index contributed by atoms with van der Waals surface area (Å²) >= 11 is 6.83. The zero-order valence-corrected chi connectivity index (χ0v) is 15.5. The molecule has 0 atom stereocenters. The number of nitrogens with zero attached hydrogens (tertiary/aromatic N) is 1. The molecule has 0 spiro atoms. The molecule has 4 nitrogen and oxygen atoms in total. The number of halogens is 2. The van der Waals surface area contributed by atoms with Gasteiger partial charge >= 0.3 is 0 Å². The molecule has 22 heavy (non-hydrogen) atoms. The Morgan fingerprint density at radius 1 is 1.45 bits per heavy atom. The first-order chi connectivity index (χ1) is 10.4. The number of nitrogens with one attached hydrogen (secondary N) is 1. The quantitative estimate of drug-likeness (QED) is 0.420. The number of amides is 1. The van der Waals surface area contributed by atoms with E-state index in [1.54, 1.807) is 18.2 Å². The summed E-state index contributed by atoms with van der Waals surface area (Å²) in [6.07, 6.45) is 3.18. The summed E-state index contributed by atoms with van der Waals surface area (Å²) in [4.78, 5) is 11.9. The predicted octanol–water partition coefficient (Wildman–Crippen LogP) is 4.21. The molecule has 0 aliphatic heterocycles. The molecule has 0 fully saturated rings. The number of rotatable bonds is 6. The average Bonchev–Trinajstić information content (AvgIpc) is 2.43. The second kappa shape index (κ2) is 8.76. The third-order valence-corrected chi connectivity index (χ3v) is 3.64. The topological polar surface area (TPSA) is 62.1 Å². The summed E-state index contributed by atoms with van der Waals surface area (Å²) in [5, 5.41) is 11.8. The summed E-state index contributed by atoms with van der Waals surface area (Å²) in [6, 6.07) is 5.45. The van der Waals surface area contributed by atoms with E-state index in [-0.39, 0.29) is 11.6 Å². The Hall–Kier alpha value is -1.58. The molecule has 0 saturated heterocycles. The van der Waals surface area contributed by atoms with Crippen molar-refractivity contribution in [3.8, 4) is 11.8 Å². The molecule has 0 saturated carbocycles. The van der Waals surface area contributed by atoms with Crippen molar-refractivity contribution in [2.45, 2.75) is 19.9 Å². The van der Waals surface area contributed by atoms with Crippen LogP contribution in [0.2, 0.25) is 0 Å². The van der Waals surface area contributed by atoms with Crippen LogP contribution in [0.4, 0.5) is 0 Å². The van der Waals surface area contributed by atoms with E-state index in [1.165, 1.54) is 6.08 Å². The van der Waals surface area contributed by atoms with Gasteiger partial charge in [0.05, 0.1) is 8.95 Å². The van der Waals surface area contributed by atoms with Crippen molar-refractivity contribution in [3.63, 3.8) is 0 Å². The highest BCUT2D eigenvalue weighted by molar-refractivity contribution is 9.11. The van der Waals surface area contributed by atoms with Gasteiger partial charge in [0.15, 0.2) is 0 Å². The van der Waals surface area contributed by atoms with Crippen molar-refractivity contribution in [2.24, 2.45) is 0 Å². The molecule has 1 aromatic rings. The fourth-order valence-electron chi connectivity index (χ4n) is 1.60. The van der Waals surface area contributed by atoms with E-state index in [4.69, 9.17) is 10.00 Å². The number of hydrogen-bond donors (Lipinski definition) is 1. The Morgan fingerprint density at radius 3 is 2.50 bits per heavy atom. The molecular weight excluding hydrogens is 412 g/mol. The van der Waals surface area contributed by atoms with Gasteiger partial charge in [-0.2, -0.15) is 5.26 Å². The maximum absolute atomic E-state index is 11.9. The monoisotopic (exact) mass is 426 g/mol. The van der Waals surface area contributed by atoms with Crippen LogP contribution in [0.25, 0.3) is 6.08 Å². The van der Waals surface area contributed by atoms with Gasteiger partial charge < -0.3 is 10.1 Å². The van der Waals surface area contributed by atoms with E-state index in [2.05, 4.69) is 43.8 Å². The standard InChI is InChI=1S/C16H16Br2N2O2/c1-4-5-22-15-13(17)7-11(8-14(15)18)6-12(9-19)16(21)20-10(2)3/h4,6-8,10H,1,5H2,2-3H3,(H,20,21). The minimum Gasteiger partial charge on any atom is -0.487 e. The van der Waals surface area contributed by atoms with Gasteiger partial charge in [-0.05, 0) is 69.5 Å². The lowest BCUT2D eigenvalue weighted by atomic mass is 10.1. The average molecular weight is 428 g/mol. The van der Waals surface area contributed by atoms with Gasteiger partial charge in [-0.25, -0.2) is 0 Å². The van der Waals surface area contributed by atoms with Crippen LogP contribution in [0.5, 0.6) is 5.75 Å². The van der Waals surface area contributed by atoms with Crippen LogP contribution in [-0.2, 0) is 4.79 Å². The van der Waals surface area contributed by atoms with Crippen molar-refractivity contribution in [1.29, 1.82) is 5.26 Å². The minimum absolute atomic E-state index is 0.0302. The predicted molar refractivity (Wildman–Crippen MR) is 94.4 cm³/mol. The molecule has 0 aromatic heterocycles. The van der Waals surface area contributed by atoms with Gasteiger partial charge in [0.2, 0.25) is 0 Å². The summed E-state index contributed by atoms with van der Waals surface area (Å²) in [5.41, 5.74) is 0.757. The van der Waals surface area contributed by atoms with Crippen molar-refractivity contribution < 1.29 is 9.53 Å². The highest BCUT2D eigenvalue weighted by Gasteiger charge is 2.12. The highest BCUT2D eigenvalue weighted by atomic mass is 79.9. The van der Waals surface area contributed by atoms with Crippen molar-refractivity contribution in [1.82, 2.24) is 5.32 Å². The Labute approximate surface area is 147 Å². The SMILES string of the molecule is C=CCOc1c(Br)cc(C=C(C#N)C(=O)NC(C)C)cc1Br. The van der Waals surface area contributed by atoms with Crippen molar-refractivity contribution in [2.75, 3.05) is 6.61 Å². The molecule has 6 heteroatoms. The van der Waals surface area contributed by atoms with Crippen LogP contribution in [-0.4, -0.2) is 18.6 Å². The number of ether oxygens (including phenoxy) is 1. The molecule has 0 bridgehead atoms. The first-order valence-corrected chi connectivity index (χ1v) is 8.13. The molecular formula is C16H16Br2N2O2. The molecule has 1 rings (SSSR count). The molecule has 0 radical (unpaired) electrons. The second-order valence-electron chi connectivity index (χ2n) is 4.71. The Balaban J connectivity index is 3.11. The number of carbonyl (C=O) groups is 1. The largest absolute Gasteiger partial charge is 0.487 e. The number of hydrogen-bond acceptors (Lipinski definition) is 3. The Morgan fingerprint density at radius 2 is 2.05 bits per heavy atom. The summed E-state index contributed by atoms with van der Waals surface area (Å²) in [6.45, 7) is 7.66. The van der Waals surface area contributed by atoms with E-state index < -0.39 is 5.91 Å². The lowest BCUT2D eigenvalue weighted by molar-refractivity contribution is -0.117. The van der Waals surface area contributed by atoms with Crippen LogP contribution in [0.15, 0.2) is 39.3 Å². The zero-order valence-electron chi connectivity index (χ0n) is 12.3. The normalized spacial score (nSPS) is 11.0. The van der Waals surface area contributed by atoms with Gasteiger partial charge in [-0.3, -0.25) is 4.79 Å². The Bertz CT molecular complexity index is 623. The van der Waals surface area contributed by atoms with Crippen LogP contribution >= 0.6 is 31.9 Å². The number of benzene rings is 1. The third kappa shape index (κ3) is 5.32. The molecule has 0 aliphatic rings. The van der Waals surface area contributed by atoms with Gasteiger partial charge in [-0.15, -0.1) is 0 Å². The first kappa shape index (κ1) is 18.5. The lowest BCUT2D eigenvalue weighted by Crippen LogP contribution is -2.30. The number of carbonyl (C=O) groups excluding carboxylic acids is 1. The van der Waals surface area contributed by atoms with Gasteiger partial charge in [0.25, 0.3) is 5.91 Å². The maximum Gasteiger partial charge on any atom is 0.262 e. The molecule has 116 valence electrons. The molecule has 0 aliphatic carbocycles. The van der Waals surface area contributed by atoms with Crippen LogP contribution in [0.3, 0.4) is 0 Å². The van der Waals surface area contributed by atoms with E-state index in [0.29, 0.717) is 17.9 Å². The highest BCUT2D eigenvalue weighted by Crippen LogP contribution is 2.35. The maximum atomic E-state index is 11.9. The first-order valence-electron chi connectivity index (χ1n) is 6.54.